The molecule has 0 bridgehead atoms. The zero-order valence-corrected chi connectivity index (χ0v) is 10.6. The predicted molar refractivity (Wildman–Crippen MR) is 64.5 cm³/mol. The van der Waals surface area contributed by atoms with Crippen molar-refractivity contribution in [1.82, 2.24) is 9.97 Å². The van der Waals surface area contributed by atoms with Crippen LogP contribution in [-0.4, -0.2) is 45.0 Å². The van der Waals surface area contributed by atoms with E-state index in [9.17, 15) is 4.21 Å². The van der Waals surface area contributed by atoms with Crippen molar-refractivity contribution in [3.63, 3.8) is 0 Å². The van der Waals surface area contributed by atoms with Crippen molar-refractivity contribution in [3.05, 3.63) is 17.0 Å². The minimum absolute atomic E-state index is 0.113. The molecule has 0 aliphatic carbocycles. The van der Waals surface area contributed by atoms with Gasteiger partial charge >= 0.3 is 0 Å². The molecule has 1 saturated heterocycles. The first-order valence-corrected chi connectivity index (χ1v) is 6.74. The highest BCUT2D eigenvalue weighted by Crippen LogP contribution is 2.17. The number of hydrogen-bond donors (Lipinski definition) is 1. The highest BCUT2D eigenvalue weighted by Gasteiger charge is 2.15. The molecule has 1 unspecified atom stereocenters. The van der Waals surface area contributed by atoms with Crippen LogP contribution in [0.1, 0.15) is 5.82 Å². The number of morpholine rings is 1. The molecule has 2 heterocycles. The first-order valence-electron chi connectivity index (χ1n) is 5.09. The van der Waals surface area contributed by atoms with E-state index in [0.717, 1.165) is 13.1 Å². The van der Waals surface area contributed by atoms with Crippen LogP contribution in [0.3, 0.4) is 0 Å². The summed E-state index contributed by atoms with van der Waals surface area (Å²) >= 11 is 3.90. The number of halogens is 1. The van der Waals surface area contributed by atoms with Crippen LogP contribution in [0.15, 0.2) is 6.07 Å². The SMILES string of the molecule is O=S(O)Cc1nc(Cl)cc(N2CCOCC2)n1. The van der Waals surface area contributed by atoms with Crippen molar-refractivity contribution in [2.45, 2.75) is 5.75 Å². The monoisotopic (exact) mass is 277 g/mol. The van der Waals surface area contributed by atoms with E-state index in [2.05, 4.69) is 9.97 Å². The van der Waals surface area contributed by atoms with Crippen LogP contribution in [0, 0.1) is 0 Å². The zero-order valence-electron chi connectivity index (χ0n) is 9.00. The van der Waals surface area contributed by atoms with Crippen molar-refractivity contribution in [1.29, 1.82) is 0 Å². The van der Waals surface area contributed by atoms with Gasteiger partial charge in [0.2, 0.25) is 0 Å². The number of hydrogen-bond acceptors (Lipinski definition) is 5. The molecule has 0 amide bonds. The lowest BCUT2D eigenvalue weighted by atomic mass is 10.4. The summed E-state index contributed by atoms with van der Waals surface area (Å²) in [5.41, 5.74) is 0. The van der Waals surface area contributed by atoms with Crippen LogP contribution < -0.4 is 4.90 Å². The summed E-state index contributed by atoms with van der Waals surface area (Å²) in [7, 11) is 0. The van der Waals surface area contributed by atoms with E-state index in [1.54, 1.807) is 6.07 Å². The molecule has 17 heavy (non-hydrogen) atoms. The maximum absolute atomic E-state index is 10.7. The first-order chi connectivity index (χ1) is 8.15. The molecular weight excluding hydrogens is 266 g/mol. The Morgan fingerprint density at radius 3 is 2.82 bits per heavy atom. The van der Waals surface area contributed by atoms with E-state index in [1.807, 2.05) is 4.90 Å². The standard InChI is InChI=1S/C9H12ClN3O3S/c10-7-5-9(13-1-3-16-4-2-13)12-8(11-7)6-17(14)15/h5H,1-4,6H2,(H,14,15). The van der Waals surface area contributed by atoms with E-state index in [0.29, 0.717) is 19.0 Å². The van der Waals surface area contributed by atoms with Gasteiger partial charge in [0.05, 0.1) is 13.2 Å². The van der Waals surface area contributed by atoms with Crippen molar-refractivity contribution >= 4 is 28.5 Å². The molecule has 94 valence electrons. The molecule has 0 radical (unpaired) electrons. The molecule has 1 aliphatic rings. The van der Waals surface area contributed by atoms with Crippen LogP contribution in [0.25, 0.3) is 0 Å². The largest absolute Gasteiger partial charge is 0.378 e. The molecular formula is C9H12ClN3O3S. The Hall–Kier alpha value is -0.760. The quantitative estimate of drug-likeness (QED) is 0.647. The fraction of sp³-hybridized carbons (Fsp3) is 0.556. The summed E-state index contributed by atoms with van der Waals surface area (Å²) in [6.45, 7) is 2.75. The summed E-state index contributed by atoms with van der Waals surface area (Å²) in [4.78, 5) is 10.1. The Bertz CT molecular complexity index is 426. The van der Waals surface area contributed by atoms with E-state index < -0.39 is 11.1 Å². The van der Waals surface area contributed by atoms with Gasteiger partial charge in [0.1, 0.15) is 22.5 Å². The lowest BCUT2D eigenvalue weighted by Gasteiger charge is -2.27. The normalized spacial score (nSPS) is 18.1. The molecule has 0 saturated carbocycles. The van der Waals surface area contributed by atoms with Crippen LogP contribution in [-0.2, 0) is 21.6 Å². The minimum atomic E-state index is -1.96. The van der Waals surface area contributed by atoms with Crippen molar-refractivity contribution in [2.24, 2.45) is 0 Å². The van der Waals surface area contributed by atoms with Gasteiger partial charge in [0.15, 0.2) is 11.1 Å². The molecule has 0 spiro atoms. The second-order valence-corrected chi connectivity index (χ2v) is 4.85. The Morgan fingerprint density at radius 1 is 1.47 bits per heavy atom. The lowest BCUT2D eigenvalue weighted by Crippen LogP contribution is -2.37. The van der Waals surface area contributed by atoms with Gasteiger partial charge in [-0.05, 0) is 0 Å². The maximum Gasteiger partial charge on any atom is 0.160 e. The molecule has 8 heteroatoms. The van der Waals surface area contributed by atoms with Gasteiger partial charge in [-0.25, -0.2) is 14.2 Å². The molecule has 6 nitrogen and oxygen atoms in total. The third kappa shape index (κ3) is 3.60. The number of nitrogens with zero attached hydrogens (tertiary/aromatic N) is 3. The molecule has 0 aromatic carbocycles. The average Bonchev–Trinajstić information content (AvgIpc) is 2.28. The highest BCUT2D eigenvalue weighted by molar-refractivity contribution is 7.78. The molecule has 1 aromatic heterocycles. The van der Waals surface area contributed by atoms with E-state index in [4.69, 9.17) is 20.9 Å². The summed E-state index contributed by atoms with van der Waals surface area (Å²) < 4.78 is 24.8. The van der Waals surface area contributed by atoms with Crippen molar-refractivity contribution in [3.8, 4) is 0 Å². The Morgan fingerprint density at radius 2 is 2.18 bits per heavy atom. The second kappa shape index (κ2) is 5.72. The molecule has 2 rings (SSSR count). The molecule has 1 N–H and O–H groups in total. The molecule has 1 atom stereocenters. The van der Waals surface area contributed by atoms with Gasteiger partial charge in [-0.15, -0.1) is 0 Å². The minimum Gasteiger partial charge on any atom is -0.378 e. The predicted octanol–water partition coefficient (Wildman–Crippen LogP) is 0.688. The highest BCUT2D eigenvalue weighted by atomic mass is 35.5. The van der Waals surface area contributed by atoms with E-state index in [1.165, 1.54) is 0 Å². The third-order valence-corrected chi connectivity index (χ3v) is 3.01. The summed E-state index contributed by atoms with van der Waals surface area (Å²) in [6.07, 6.45) is 0. The fourth-order valence-electron chi connectivity index (χ4n) is 1.58. The third-order valence-electron chi connectivity index (χ3n) is 2.32. The van der Waals surface area contributed by atoms with Gasteiger partial charge in [-0.3, -0.25) is 0 Å². The first kappa shape index (κ1) is 12.7. The summed E-state index contributed by atoms with van der Waals surface area (Å²) in [5.74, 6) is 0.839. The Labute approximate surface area is 106 Å². The Balaban J connectivity index is 2.20. The lowest BCUT2D eigenvalue weighted by molar-refractivity contribution is 0.122. The summed E-state index contributed by atoms with van der Waals surface area (Å²) in [6, 6.07) is 1.65. The average molecular weight is 278 g/mol. The molecule has 1 aliphatic heterocycles. The van der Waals surface area contributed by atoms with Gasteiger partial charge in [-0.1, -0.05) is 11.6 Å². The maximum atomic E-state index is 10.7. The Kier molecular flexibility index (Phi) is 4.27. The van der Waals surface area contributed by atoms with Crippen LogP contribution in [0.4, 0.5) is 5.82 Å². The smallest absolute Gasteiger partial charge is 0.160 e. The number of aromatic nitrogens is 2. The van der Waals surface area contributed by atoms with Crippen LogP contribution >= 0.6 is 11.6 Å². The number of anilines is 1. The van der Waals surface area contributed by atoms with Crippen LogP contribution in [0.2, 0.25) is 5.15 Å². The van der Waals surface area contributed by atoms with Crippen LogP contribution in [0.5, 0.6) is 0 Å². The molecule has 1 fully saturated rings. The topological polar surface area (TPSA) is 75.5 Å². The van der Waals surface area contributed by atoms with E-state index in [-0.39, 0.29) is 16.7 Å². The fourth-order valence-corrected chi connectivity index (χ4v) is 2.13. The van der Waals surface area contributed by atoms with Crippen molar-refractivity contribution in [2.75, 3.05) is 31.2 Å². The molecule has 1 aromatic rings. The second-order valence-electron chi connectivity index (χ2n) is 3.53. The van der Waals surface area contributed by atoms with Gasteiger partial charge in [0.25, 0.3) is 0 Å². The zero-order chi connectivity index (χ0) is 12.3. The van der Waals surface area contributed by atoms with Gasteiger partial charge in [-0.2, -0.15) is 0 Å². The number of ether oxygens (including phenoxy) is 1. The number of rotatable bonds is 3. The summed E-state index contributed by atoms with van der Waals surface area (Å²) in [5, 5.41) is 0.280. The van der Waals surface area contributed by atoms with Gasteiger partial charge in [0, 0.05) is 19.2 Å². The van der Waals surface area contributed by atoms with Crippen molar-refractivity contribution < 1.29 is 13.5 Å². The van der Waals surface area contributed by atoms with E-state index >= 15 is 0 Å². The van der Waals surface area contributed by atoms with Gasteiger partial charge < -0.3 is 14.2 Å².